The van der Waals surface area contributed by atoms with Crippen molar-refractivity contribution < 1.29 is 41.0 Å². The molecule has 3 heterocycles. The van der Waals surface area contributed by atoms with Crippen molar-refractivity contribution in [3.8, 4) is 0 Å². The fraction of sp³-hybridized carbons (Fsp3) is 0.684. The lowest BCUT2D eigenvalue weighted by atomic mass is 9.89. The Labute approximate surface area is 179 Å². The molecule has 2 saturated heterocycles. The van der Waals surface area contributed by atoms with Crippen LogP contribution >= 0.6 is 0 Å². The second-order valence-corrected chi connectivity index (χ2v) is 9.59. The Morgan fingerprint density at radius 2 is 1.90 bits per heavy atom. The molecule has 2 aliphatic heterocycles. The smallest absolute Gasteiger partial charge is 0.475 e. The number of hydrogen-bond acceptors (Lipinski definition) is 6. The first-order valence-electron chi connectivity index (χ1n) is 9.90. The van der Waals surface area contributed by atoms with Crippen molar-refractivity contribution in [3.05, 3.63) is 30.1 Å². The van der Waals surface area contributed by atoms with E-state index in [2.05, 4.69) is 4.98 Å². The number of pyridine rings is 1. The molecule has 1 unspecified atom stereocenters. The summed E-state index contributed by atoms with van der Waals surface area (Å²) in [7, 11) is -3.10. The minimum atomic E-state index is -5.08. The van der Waals surface area contributed by atoms with E-state index < -0.39 is 22.2 Å². The lowest BCUT2D eigenvalue weighted by Crippen LogP contribution is -2.47. The number of rotatable bonds is 6. The van der Waals surface area contributed by atoms with Crippen molar-refractivity contribution in [3.63, 3.8) is 0 Å². The summed E-state index contributed by atoms with van der Waals surface area (Å²) in [4.78, 5) is 12.9. The Hall–Kier alpha value is -1.76. The van der Waals surface area contributed by atoms with E-state index in [-0.39, 0.29) is 17.5 Å². The molecule has 1 aromatic rings. The van der Waals surface area contributed by atoms with Crippen molar-refractivity contribution >= 4 is 16.0 Å². The first kappa shape index (κ1) is 25.5. The maximum absolute atomic E-state index is 12.2. The molecule has 0 bridgehead atoms. The molecule has 0 radical (unpaired) electrons. The van der Waals surface area contributed by atoms with Crippen molar-refractivity contribution in [2.45, 2.75) is 57.1 Å². The highest BCUT2D eigenvalue weighted by molar-refractivity contribution is 7.89. The summed E-state index contributed by atoms with van der Waals surface area (Å²) >= 11 is 0. The van der Waals surface area contributed by atoms with Crippen molar-refractivity contribution in [1.82, 2.24) is 9.29 Å². The molecule has 0 aromatic carbocycles. The van der Waals surface area contributed by atoms with Gasteiger partial charge in [-0.25, -0.2) is 17.5 Å². The van der Waals surface area contributed by atoms with Gasteiger partial charge < -0.3 is 14.6 Å². The van der Waals surface area contributed by atoms with E-state index in [1.807, 2.05) is 19.1 Å². The Morgan fingerprint density at radius 1 is 1.32 bits per heavy atom. The van der Waals surface area contributed by atoms with E-state index >= 15 is 0 Å². The van der Waals surface area contributed by atoms with Crippen LogP contribution < -0.4 is 0 Å². The van der Waals surface area contributed by atoms with Gasteiger partial charge >= 0.3 is 12.1 Å². The number of aromatic nitrogens is 1. The monoisotopic (exact) mass is 468 g/mol. The van der Waals surface area contributed by atoms with Crippen molar-refractivity contribution in [1.29, 1.82) is 0 Å². The van der Waals surface area contributed by atoms with Crippen LogP contribution in [0.3, 0.4) is 0 Å². The second kappa shape index (κ2) is 10.7. The van der Waals surface area contributed by atoms with E-state index in [9.17, 15) is 21.6 Å². The highest BCUT2D eigenvalue weighted by Gasteiger charge is 2.44. The summed E-state index contributed by atoms with van der Waals surface area (Å²) in [6, 6.07) is 3.89. The van der Waals surface area contributed by atoms with Crippen LogP contribution in [0.2, 0.25) is 0 Å². The average Bonchev–Trinajstić information content (AvgIpc) is 3.10. The van der Waals surface area contributed by atoms with Gasteiger partial charge in [-0.2, -0.15) is 13.2 Å². The van der Waals surface area contributed by atoms with E-state index in [4.69, 9.17) is 19.4 Å². The molecule has 2 fully saturated rings. The zero-order valence-electron chi connectivity index (χ0n) is 17.2. The molecule has 1 atom stereocenters. The van der Waals surface area contributed by atoms with Gasteiger partial charge in [-0.1, -0.05) is 6.92 Å². The van der Waals surface area contributed by atoms with Crippen molar-refractivity contribution in [2.75, 3.05) is 25.4 Å². The first-order chi connectivity index (χ1) is 14.5. The quantitative estimate of drug-likeness (QED) is 0.684. The Bertz CT molecular complexity index is 812. The minimum Gasteiger partial charge on any atom is -0.475 e. The molecule has 8 nitrogen and oxygen atoms in total. The molecule has 2 aliphatic rings. The molecule has 0 amide bonds. The molecular weight excluding hydrogens is 441 g/mol. The number of halogens is 3. The zero-order chi connectivity index (χ0) is 23.1. The molecule has 0 aliphatic carbocycles. The standard InChI is InChI=1S/C17H26N2O4S.C2HF3O2/c1-2-11-24(20,21)19-9-5-17(6-10-19)12-16(14-23-17)22-13-15-3-7-18-8-4-15;3-2(4,5)1(6)7/h3-4,7-8,16H,2,5-6,9-14H2,1H3;(H,6,7). The maximum atomic E-state index is 12.2. The lowest BCUT2D eigenvalue weighted by molar-refractivity contribution is -0.192. The van der Waals surface area contributed by atoms with Crippen LogP contribution in [0.15, 0.2) is 24.5 Å². The summed E-state index contributed by atoms with van der Waals surface area (Å²) in [5.74, 6) is -2.52. The van der Waals surface area contributed by atoms with Crippen LogP contribution in [-0.4, -0.2) is 72.1 Å². The normalized spacial score (nSPS) is 21.5. The third-order valence-corrected chi connectivity index (χ3v) is 7.22. The van der Waals surface area contributed by atoms with Gasteiger partial charge in [0.25, 0.3) is 0 Å². The Kier molecular flexibility index (Phi) is 8.81. The molecule has 1 N–H and O–H groups in total. The van der Waals surface area contributed by atoms with Gasteiger partial charge in [0.1, 0.15) is 0 Å². The number of sulfonamides is 1. The molecular formula is C19H27F3N2O6S. The third-order valence-electron chi connectivity index (χ3n) is 5.14. The molecule has 31 heavy (non-hydrogen) atoms. The van der Waals surface area contributed by atoms with Crippen LogP contribution in [-0.2, 0) is 30.9 Å². The number of carbonyl (C=O) groups is 1. The molecule has 1 aromatic heterocycles. The molecule has 3 rings (SSSR count). The number of nitrogens with zero attached hydrogens (tertiary/aromatic N) is 2. The van der Waals surface area contributed by atoms with Gasteiger partial charge in [0, 0.05) is 31.9 Å². The van der Waals surface area contributed by atoms with Crippen LogP contribution in [0.5, 0.6) is 0 Å². The molecule has 12 heteroatoms. The number of carboxylic acids is 1. The van der Waals surface area contributed by atoms with Crippen LogP contribution in [0.1, 0.15) is 38.2 Å². The van der Waals surface area contributed by atoms with E-state index in [0.29, 0.717) is 32.7 Å². The van der Waals surface area contributed by atoms with E-state index in [0.717, 1.165) is 24.8 Å². The van der Waals surface area contributed by atoms with Gasteiger partial charge in [0.2, 0.25) is 10.0 Å². The predicted molar refractivity (Wildman–Crippen MR) is 105 cm³/mol. The van der Waals surface area contributed by atoms with Gasteiger partial charge in [-0.05, 0) is 37.0 Å². The van der Waals surface area contributed by atoms with Gasteiger partial charge in [-0.15, -0.1) is 0 Å². The largest absolute Gasteiger partial charge is 0.490 e. The number of aliphatic carboxylic acids is 1. The number of alkyl halides is 3. The summed E-state index contributed by atoms with van der Waals surface area (Å²) in [6.07, 6.45) is 1.54. The molecule has 0 saturated carbocycles. The van der Waals surface area contributed by atoms with E-state index in [1.165, 1.54) is 0 Å². The highest BCUT2D eigenvalue weighted by Crippen LogP contribution is 2.37. The van der Waals surface area contributed by atoms with E-state index in [1.54, 1.807) is 16.7 Å². The highest BCUT2D eigenvalue weighted by atomic mass is 32.2. The second-order valence-electron chi connectivity index (χ2n) is 7.50. The lowest BCUT2D eigenvalue weighted by Gasteiger charge is -2.37. The topological polar surface area (TPSA) is 106 Å². The third kappa shape index (κ3) is 7.70. The van der Waals surface area contributed by atoms with Gasteiger partial charge in [0.15, 0.2) is 0 Å². The summed E-state index contributed by atoms with van der Waals surface area (Å²) in [5.41, 5.74) is 0.896. The number of hydrogen-bond donors (Lipinski definition) is 1. The maximum Gasteiger partial charge on any atom is 0.490 e. The fourth-order valence-corrected chi connectivity index (χ4v) is 5.02. The van der Waals surface area contributed by atoms with Gasteiger partial charge in [0.05, 0.1) is 30.7 Å². The first-order valence-corrected chi connectivity index (χ1v) is 11.5. The zero-order valence-corrected chi connectivity index (χ0v) is 18.0. The number of ether oxygens (including phenoxy) is 2. The summed E-state index contributed by atoms with van der Waals surface area (Å²) in [5, 5.41) is 7.12. The Balaban J connectivity index is 0.000000423. The summed E-state index contributed by atoms with van der Waals surface area (Å²) < 4.78 is 69.7. The van der Waals surface area contributed by atoms with Crippen LogP contribution in [0, 0.1) is 0 Å². The Morgan fingerprint density at radius 3 is 2.42 bits per heavy atom. The van der Waals surface area contributed by atoms with Crippen LogP contribution in [0.25, 0.3) is 0 Å². The minimum absolute atomic E-state index is 0.0805. The fourth-order valence-electron chi connectivity index (χ4n) is 3.51. The molecule has 176 valence electrons. The molecule has 1 spiro atoms. The van der Waals surface area contributed by atoms with Crippen LogP contribution in [0.4, 0.5) is 13.2 Å². The number of carboxylic acid groups (broad SMARTS) is 1. The predicted octanol–water partition coefficient (Wildman–Crippen LogP) is 2.59. The number of piperidine rings is 1. The van der Waals surface area contributed by atoms with Crippen molar-refractivity contribution in [2.24, 2.45) is 0 Å². The SMILES string of the molecule is CCCS(=O)(=O)N1CCC2(CC1)CC(OCc1ccncc1)CO2.O=C(O)C(F)(F)F. The summed E-state index contributed by atoms with van der Waals surface area (Å²) in [6.45, 7) is 4.16. The van der Waals surface area contributed by atoms with Gasteiger partial charge in [-0.3, -0.25) is 4.98 Å². The average molecular weight is 468 g/mol.